The average Bonchev–Trinajstić information content (AvgIpc) is 2.80. The van der Waals surface area contributed by atoms with E-state index < -0.39 is 23.7 Å². The minimum Gasteiger partial charge on any atom is -0.497 e. The van der Waals surface area contributed by atoms with Crippen LogP contribution in [0.2, 0.25) is 0 Å². The van der Waals surface area contributed by atoms with Gasteiger partial charge in [-0.2, -0.15) is 0 Å². The zero-order chi connectivity index (χ0) is 25.1. The lowest BCUT2D eigenvalue weighted by Crippen LogP contribution is -2.45. The normalized spacial score (nSPS) is 11.8. The molecule has 186 valence electrons. The Morgan fingerprint density at radius 3 is 2.26 bits per heavy atom. The Labute approximate surface area is 205 Å². The monoisotopic (exact) mass is 491 g/mol. The Morgan fingerprint density at radius 1 is 1.00 bits per heavy atom. The predicted octanol–water partition coefficient (Wildman–Crippen LogP) is 4.58. The summed E-state index contributed by atoms with van der Waals surface area (Å²) in [6.07, 6.45) is 1.48. The standard InChI is InChI=1S/C25H33NO7S/c1-25(2,3)33-24(28)26-21(13-17-7-10-19(11-8-17)32-16-34-6)23(27)31-15-18-9-12-20(29-4)14-22(18)30-5/h7-12,14,21H,13,15-16H2,1-6H3,(H,26,28). The third-order valence-electron chi connectivity index (χ3n) is 4.55. The lowest BCUT2D eigenvalue weighted by Gasteiger charge is -2.23. The van der Waals surface area contributed by atoms with Gasteiger partial charge in [-0.1, -0.05) is 12.1 Å². The Kier molecular flexibility index (Phi) is 10.4. The van der Waals surface area contributed by atoms with Gasteiger partial charge >= 0.3 is 12.1 Å². The van der Waals surface area contributed by atoms with Crippen LogP contribution in [-0.2, 0) is 27.3 Å². The number of methoxy groups -OCH3 is 2. The SMILES string of the molecule is COc1ccc(COC(=O)C(Cc2ccc(OCSC)cc2)NC(=O)OC(C)(C)C)c(OC)c1. The molecule has 0 spiro atoms. The fraction of sp³-hybridized carbons (Fsp3) is 0.440. The maximum atomic E-state index is 13.0. The molecule has 0 heterocycles. The van der Waals surface area contributed by atoms with Crippen LogP contribution in [0.4, 0.5) is 4.79 Å². The van der Waals surface area contributed by atoms with Crippen LogP contribution >= 0.6 is 11.8 Å². The molecule has 0 fully saturated rings. The summed E-state index contributed by atoms with van der Waals surface area (Å²) in [5.41, 5.74) is 0.796. The highest BCUT2D eigenvalue weighted by Crippen LogP contribution is 2.25. The first-order chi connectivity index (χ1) is 16.1. The van der Waals surface area contributed by atoms with Crippen molar-refractivity contribution in [2.24, 2.45) is 0 Å². The number of hydrogen-bond donors (Lipinski definition) is 1. The molecule has 1 amide bonds. The summed E-state index contributed by atoms with van der Waals surface area (Å²) in [6, 6.07) is 11.6. The molecule has 0 radical (unpaired) electrons. The van der Waals surface area contributed by atoms with E-state index >= 15 is 0 Å². The number of benzene rings is 2. The predicted molar refractivity (Wildman–Crippen MR) is 132 cm³/mol. The smallest absolute Gasteiger partial charge is 0.408 e. The summed E-state index contributed by atoms with van der Waals surface area (Å²) in [5, 5.41) is 2.63. The van der Waals surface area contributed by atoms with E-state index in [2.05, 4.69) is 5.32 Å². The van der Waals surface area contributed by atoms with Gasteiger partial charge in [0.2, 0.25) is 0 Å². The zero-order valence-corrected chi connectivity index (χ0v) is 21.3. The maximum Gasteiger partial charge on any atom is 0.408 e. The molecule has 1 unspecified atom stereocenters. The van der Waals surface area contributed by atoms with Crippen molar-refractivity contribution >= 4 is 23.8 Å². The number of ether oxygens (including phenoxy) is 5. The van der Waals surface area contributed by atoms with Crippen LogP contribution in [0.5, 0.6) is 17.2 Å². The van der Waals surface area contributed by atoms with Crippen molar-refractivity contribution in [2.75, 3.05) is 26.4 Å². The first kappa shape index (κ1) is 27.2. The van der Waals surface area contributed by atoms with Crippen molar-refractivity contribution in [3.8, 4) is 17.2 Å². The van der Waals surface area contributed by atoms with Crippen molar-refractivity contribution in [2.45, 2.75) is 45.4 Å². The first-order valence-electron chi connectivity index (χ1n) is 10.7. The third kappa shape index (κ3) is 9.05. The molecule has 0 aliphatic heterocycles. The van der Waals surface area contributed by atoms with Crippen molar-refractivity contribution in [1.29, 1.82) is 0 Å². The van der Waals surface area contributed by atoms with Gasteiger partial charge in [-0.25, -0.2) is 9.59 Å². The number of carbonyl (C=O) groups excluding carboxylic acids is 2. The molecule has 9 heteroatoms. The Hall–Kier alpha value is -3.07. The maximum absolute atomic E-state index is 13.0. The number of amides is 1. The van der Waals surface area contributed by atoms with Crippen LogP contribution in [0.3, 0.4) is 0 Å². The van der Waals surface area contributed by atoms with E-state index in [9.17, 15) is 9.59 Å². The van der Waals surface area contributed by atoms with Gasteiger partial charge in [0, 0.05) is 18.1 Å². The minimum absolute atomic E-state index is 0.0278. The van der Waals surface area contributed by atoms with Crippen LogP contribution in [-0.4, -0.2) is 50.1 Å². The van der Waals surface area contributed by atoms with Crippen molar-refractivity contribution in [3.05, 3.63) is 53.6 Å². The average molecular weight is 492 g/mol. The van der Waals surface area contributed by atoms with Crippen LogP contribution in [0.15, 0.2) is 42.5 Å². The van der Waals surface area contributed by atoms with Crippen LogP contribution in [0.25, 0.3) is 0 Å². The molecule has 8 nitrogen and oxygen atoms in total. The van der Waals surface area contributed by atoms with Crippen molar-refractivity contribution in [1.82, 2.24) is 5.32 Å². The summed E-state index contributed by atoms with van der Waals surface area (Å²) < 4.78 is 27.0. The van der Waals surface area contributed by atoms with Gasteiger partial charge in [0.05, 0.1) is 14.2 Å². The van der Waals surface area contributed by atoms with Gasteiger partial charge in [-0.3, -0.25) is 0 Å². The van der Waals surface area contributed by atoms with E-state index in [0.29, 0.717) is 23.0 Å². The molecule has 2 aromatic rings. The summed E-state index contributed by atoms with van der Waals surface area (Å²) >= 11 is 1.57. The number of nitrogens with one attached hydrogen (secondary N) is 1. The Balaban J connectivity index is 2.13. The third-order valence-corrected chi connectivity index (χ3v) is 4.90. The molecular weight excluding hydrogens is 458 g/mol. The van der Waals surface area contributed by atoms with Gasteiger partial charge in [-0.15, -0.1) is 11.8 Å². The highest BCUT2D eigenvalue weighted by Gasteiger charge is 2.26. The topological polar surface area (TPSA) is 92.3 Å². The molecule has 2 aromatic carbocycles. The fourth-order valence-corrected chi connectivity index (χ4v) is 3.20. The molecular formula is C25H33NO7S. The van der Waals surface area contributed by atoms with E-state index in [1.54, 1.807) is 57.8 Å². The molecule has 0 saturated heterocycles. The fourth-order valence-electron chi connectivity index (χ4n) is 2.95. The molecule has 34 heavy (non-hydrogen) atoms. The summed E-state index contributed by atoms with van der Waals surface area (Å²) in [4.78, 5) is 25.4. The Bertz CT molecular complexity index is 941. The minimum atomic E-state index is -0.947. The van der Waals surface area contributed by atoms with Gasteiger partial charge < -0.3 is 29.0 Å². The van der Waals surface area contributed by atoms with Gasteiger partial charge in [0.25, 0.3) is 0 Å². The molecule has 0 bridgehead atoms. The molecule has 0 saturated carbocycles. The van der Waals surface area contributed by atoms with Crippen molar-refractivity contribution < 1.29 is 33.3 Å². The van der Waals surface area contributed by atoms with Gasteiger partial charge in [-0.05, 0) is 56.9 Å². The Morgan fingerprint density at radius 2 is 1.68 bits per heavy atom. The lowest BCUT2D eigenvalue weighted by molar-refractivity contribution is -0.147. The highest BCUT2D eigenvalue weighted by atomic mass is 32.2. The first-order valence-corrected chi connectivity index (χ1v) is 12.1. The highest BCUT2D eigenvalue weighted by molar-refractivity contribution is 7.98. The lowest BCUT2D eigenvalue weighted by atomic mass is 10.1. The van der Waals surface area contributed by atoms with Crippen LogP contribution in [0, 0.1) is 0 Å². The molecule has 0 aliphatic carbocycles. The quantitative estimate of drug-likeness (QED) is 0.361. The number of rotatable bonds is 11. The van der Waals surface area contributed by atoms with Crippen molar-refractivity contribution in [3.63, 3.8) is 0 Å². The summed E-state index contributed by atoms with van der Waals surface area (Å²) in [5.74, 6) is 1.84. The number of thioether (sulfide) groups is 1. The van der Waals surface area contributed by atoms with E-state index in [1.165, 1.54) is 7.11 Å². The number of hydrogen-bond acceptors (Lipinski definition) is 8. The summed E-state index contributed by atoms with van der Waals surface area (Å²) in [6.45, 7) is 5.23. The second-order valence-corrected chi connectivity index (χ2v) is 9.20. The molecule has 2 rings (SSSR count). The number of alkyl carbamates (subject to hydrolysis) is 1. The largest absolute Gasteiger partial charge is 0.497 e. The molecule has 1 atom stereocenters. The molecule has 0 aromatic heterocycles. The molecule has 0 aliphatic rings. The summed E-state index contributed by atoms with van der Waals surface area (Å²) in [7, 11) is 3.09. The second kappa shape index (κ2) is 13.0. The van der Waals surface area contributed by atoms with E-state index in [1.807, 2.05) is 30.5 Å². The van der Waals surface area contributed by atoms with Gasteiger partial charge in [0.15, 0.2) is 0 Å². The molecule has 1 N–H and O–H groups in total. The van der Waals surface area contributed by atoms with Gasteiger partial charge in [0.1, 0.15) is 41.4 Å². The number of carbonyl (C=O) groups is 2. The van der Waals surface area contributed by atoms with Crippen LogP contribution < -0.4 is 19.5 Å². The second-order valence-electron chi connectivity index (χ2n) is 8.38. The van der Waals surface area contributed by atoms with E-state index in [4.69, 9.17) is 23.7 Å². The number of esters is 1. The van der Waals surface area contributed by atoms with E-state index in [0.717, 1.165) is 11.3 Å². The zero-order valence-electron chi connectivity index (χ0n) is 20.5. The van der Waals surface area contributed by atoms with Crippen LogP contribution in [0.1, 0.15) is 31.9 Å². The van der Waals surface area contributed by atoms with E-state index in [-0.39, 0.29) is 13.0 Å².